The van der Waals surface area contributed by atoms with Crippen molar-refractivity contribution in [1.29, 1.82) is 0 Å². The van der Waals surface area contributed by atoms with Crippen molar-refractivity contribution in [3.8, 4) is 0 Å². The number of hydrogen-bond acceptors (Lipinski definition) is 0. The lowest BCUT2D eigenvalue weighted by Crippen LogP contribution is -1.95. The van der Waals surface area contributed by atoms with Gasteiger partial charge in [-0.1, -0.05) is 45.9 Å². The van der Waals surface area contributed by atoms with E-state index in [1.807, 2.05) is 19.9 Å². The summed E-state index contributed by atoms with van der Waals surface area (Å²) in [6, 6.07) is 0. The summed E-state index contributed by atoms with van der Waals surface area (Å²) in [5.74, 6) is 0.789. The molecule has 0 heterocycles. The minimum atomic E-state index is 0.789. The lowest BCUT2D eigenvalue weighted by Gasteiger charge is -2.09. The number of rotatable bonds is 6. The van der Waals surface area contributed by atoms with Crippen molar-refractivity contribution < 1.29 is 0 Å². The summed E-state index contributed by atoms with van der Waals surface area (Å²) < 4.78 is 0. The summed E-state index contributed by atoms with van der Waals surface area (Å²) in [5.41, 5.74) is 0. The Morgan fingerprint density at radius 2 is 2.00 bits per heavy atom. The summed E-state index contributed by atoms with van der Waals surface area (Å²) >= 11 is 0. The largest absolute Gasteiger partial charge is 0.103 e. The highest BCUT2D eigenvalue weighted by atomic mass is 14.1. The van der Waals surface area contributed by atoms with Gasteiger partial charge in [-0.2, -0.15) is 0 Å². The maximum absolute atomic E-state index is 5.28. The van der Waals surface area contributed by atoms with Crippen molar-refractivity contribution in [1.82, 2.24) is 0 Å². The van der Waals surface area contributed by atoms with Crippen LogP contribution in [0.25, 0.3) is 0 Å². The van der Waals surface area contributed by atoms with Gasteiger partial charge in [0.05, 0.1) is 0 Å². The van der Waals surface area contributed by atoms with E-state index in [9.17, 15) is 0 Å². The molecule has 0 saturated heterocycles. The number of hydrogen-bond donors (Lipinski definition) is 0. The summed E-state index contributed by atoms with van der Waals surface area (Å²) in [4.78, 5) is 0. The second-order valence-corrected chi connectivity index (χ2v) is 2.61. The first-order valence-electron chi connectivity index (χ1n) is 4.99. The Hall–Kier alpha value is -0.520. The topological polar surface area (TPSA) is 0 Å². The van der Waals surface area contributed by atoms with E-state index in [1.54, 1.807) is 6.08 Å². The molecule has 1 radical (unpaired) electrons. The first-order chi connectivity index (χ1) is 5.85. The van der Waals surface area contributed by atoms with Gasteiger partial charge in [-0.3, -0.25) is 0 Å². The van der Waals surface area contributed by atoms with Gasteiger partial charge in [0.1, 0.15) is 0 Å². The second-order valence-electron chi connectivity index (χ2n) is 2.61. The average Bonchev–Trinajstić information content (AvgIpc) is 2.15. The van der Waals surface area contributed by atoms with Gasteiger partial charge in [0.2, 0.25) is 0 Å². The van der Waals surface area contributed by atoms with Gasteiger partial charge in [0.15, 0.2) is 0 Å². The van der Waals surface area contributed by atoms with Crippen LogP contribution in [0.4, 0.5) is 0 Å². The molecule has 0 nitrogen and oxygen atoms in total. The normalized spacial score (nSPS) is 10.9. The highest BCUT2D eigenvalue weighted by molar-refractivity contribution is 4.74. The molecular formula is C12H23. The summed E-state index contributed by atoms with van der Waals surface area (Å²) in [6.45, 7) is 15.2. The Kier molecular flexibility index (Phi) is 15.3. The fourth-order valence-corrected chi connectivity index (χ4v) is 1.06. The molecule has 0 spiro atoms. The van der Waals surface area contributed by atoms with E-state index in [4.69, 9.17) is 6.58 Å². The van der Waals surface area contributed by atoms with E-state index in [0.717, 1.165) is 18.8 Å². The monoisotopic (exact) mass is 167 g/mol. The Balaban J connectivity index is 0. The highest BCUT2D eigenvalue weighted by Crippen LogP contribution is 2.15. The van der Waals surface area contributed by atoms with E-state index < -0.39 is 0 Å². The van der Waals surface area contributed by atoms with Crippen LogP contribution in [0.15, 0.2) is 18.7 Å². The van der Waals surface area contributed by atoms with Crippen molar-refractivity contribution in [3.63, 3.8) is 0 Å². The number of allylic oxidation sites excluding steroid dienone is 2. The molecular weight excluding hydrogens is 144 g/mol. The zero-order chi connectivity index (χ0) is 9.82. The quantitative estimate of drug-likeness (QED) is 0.515. The molecule has 0 aliphatic carbocycles. The van der Waals surface area contributed by atoms with E-state index in [1.165, 1.54) is 12.8 Å². The smallest absolute Gasteiger partial charge is 0.0325 e. The van der Waals surface area contributed by atoms with Crippen LogP contribution in [0.3, 0.4) is 0 Å². The van der Waals surface area contributed by atoms with Gasteiger partial charge >= 0.3 is 0 Å². The van der Waals surface area contributed by atoms with Crippen LogP contribution in [-0.4, -0.2) is 0 Å². The standard InChI is InChI=1S/C10H17.C2H6/c1-4-7-9-10(6-3)8-5-2;1-2/h1,4-5,10H,2,6-9H2,3H3;1-2H3. The van der Waals surface area contributed by atoms with Gasteiger partial charge in [-0.25, -0.2) is 0 Å². The molecule has 0 aliphatic rings. The van der Waals surface area contributed by atoms with Crippen LogP contribution < -0.4 is 0 Å². The van der Waals surface area contributed by atoms with Gasteiger partial charge in [-0.15, -0.1) is 6.58 Å². The minimum absolute atomic E-state index is 0.789. The molecule has 1 unspecified atom stereocenters. The van der Waals surface area contributed by atoms with E-state index in [-0.39, 0.29) is 0 Å². The third kappa shape index (κ3) is 9.48. The second kappa shape index (κ2) is 13.1. The van der Waals surface area contributed by atoms with Crippen LogP contribution in [0.1, 0.15) is 46.5 Å². The van der Waals surface area contributed by atoms with Crippen LogP contribution in [0.5, 0.6) is 0 Å². The van der Waals surface area contributed by atoms with E-state index in [2.05, 4.69) is 13.5 Å². The maximum Gasteiger partial charge on any atom is -0.0325 e. The molecule has 12 heavy (non-hydrogen) atoms. The molecule has 0 aliphatic heterocycles. The maximum atomic E-state index is 5.28. The Bertz CT molecular complexity index is 92.2. The molecule has 0 saturated carbocycles. The molecule has 0 aromatic heterocycles. The first kappa shape index (κ1) is 14.0. The Morgan fingerprint density at radius 1 is 1.42 bits per heavy atom. The average molecular weight is 167 g/mol. The molecule has 0 N–H and O–H groups in total. The summed E-state index contributed by atoms with van der Waals surface area (Å²) in [5, 5.41) is 0. The lowest BCUT2D eigenvalue weighted by molar-refractivity contribution is 0.481. The van der Waals surface area contributed by atoms with Crippen LogP contribution in [0.2, 0.25) is 0 Å². The Labute approximate surface area is 78.4 Å². The fraction of sp³-hybridized carbons (Fsp3) is 0.667. The lowest BCUT2D eigenvalue weighted by atomic mass is 9.97. The van der Waals surface area contributed by atoms with E-state index >= 15 is 0 Å². The zero-order valence-electron chi connectivity index (χ0n) is 8.84. The van der Waals surface area contributed by atoms with Gasteiger partial charge in [-0.05, 0) is 25.2 Å². The van der Waals surface area contributed by atoms with Crippen molar-refractivity contribution >= 4 is 0 Å². The highest BCUT2D eigenvalue weighted by Gasteiger charge is 2.00. The first-order valence-corrected chi connectivity index (χ1v) is 4.99. The van der Waals surface area contributed by atoms with E-state index in [0.29, 0.717) is 0 Å². The van der Waals surface area contributed by atoms with Crippen molar-refractivity contribution in [2.24, 2.45) is 5.92 Å². The molecule has 0 aromatic carbocycles. The predicted octanol–water partition coefficient (Wildman–Crippen LogP) is 4.38. The molecule has 0 rings (SSSR count). The molecule has 0 aromatic rings. The predicted molar refractivity (Wildman–Crippen MR) is 58.0 cm³/mol. The summed E-state index contributed by atoms with van der Waals surface area (Å²) in [7, 11) is 0. The molecule has 0 amide bonds. The fourth-order valence-electron chi connectivity index (χ4n) is 1.06. The van der Waals surface area contributed by atoms with Crippen LogP contribution in [0, 0.1) is 12.5 Å². The van der Waals surface area contributed by atoms with Gasteiger partial charge in [0.25, 0.3) is 0 Å². The summed E-state index contributed by atoms with van der Waals surface area (Å²) in [6.07, 6.45) is 8.34. The Morgan fingerprint density at radius 3 is 2.33 bits per heavy atom. The third-order valence-corrected chi connectivity index (χ3v) is 1.82. The minimum Gasteiger partial charge on any atom is -0.103 e. The van der Waals surface area contributed by atoms with Gasteiger partial charge < -0.3 is 0 Å². The molecule has 0 fully saturated rings. The molecule has 0 heteroatoms. The van der Waals surface area contributed by atoms with Gasteiger partial charge in [0, 0.05) is 0 Å². The van der Waals surface area contributed by atoms with Crippen molar-refractivity contribution in [2.45, 2.75) is 46.5 Å². The molecule has 71 valence electrons. The van der Waals surface area contributed by atoms with Crippen molar-refractivity contribution in [2.75, 3.05) is 0 Å². The zero-order valence-corrected chi connectivity index (χ0v) is 8.84. The van der Waals surface area contributed by atoms with Crippen molar-refractivity contribution in [3.05, 3.63) is 25.3 Å². The molecule has 0 bridgehead atoms. The molecule has 1 atom stereocenters. The third-order valence-electron chi connectivity index (χ3n) is 1.82. The van der Waals surface area contributed by atoms with Crippen LogP contribution >= 0.6 is 0 Å². The van der Waals surface area contributed by atoms with Crippen LogP contribution in [-0.2, 0) is 0 Å². The SMILES string of the molecule is CC.[CH]=CCCC(CC)CC=C.